The van der Waals surface area contributed by atoms with Gasteiger partial charge in [0, 0.05) is 10.9 Å². The molecule has 0 spiro atoms. The van der Waals surface area contributed by atoms with Gasteiger partial charge in [-0.05, 0) is 40.2 Å². The monoisotopic (exact) mass is 337 g/mol. The molecule has 0 aliphatic carbocycles. The van der Waals surface area contributed by atoms with Gasteiger partial charge in [0.2, 0.25) is 0 Å². The molecule has 5 heteroatoms. The number of phenols is 1. The number of benzene rings is 1. The lowest BCUT2D eigenvalue weighted by atomic mass is 10.2. The van der Waals surface area contributed by atoms with Crippen molar-refractivity contribution < 1.29 is 5.11 Å². The van der Waals surface area contributed by atoms with Crippen molar-refractivity contribution >= 4 is 38.6 Å². The minimum Gasteiger partial charge on any atom is -0.508 e. The summed E-state index contributed by atoms with van der Waals surface area (Å²) in [5.41, 5.74) is 1.93. The zero-order valence-electron chi connectivity index (χ0n) is 9.13. The van der Waals surface area contributed by atoms with Crippen LogP contribution in [0, 0.1) is 0 Å². The summed E-state index contributed by atoms with van der Waals surface area (Å²) in [6.07, 6.45) is 0. The first-order valence-corrected chi connectivity index (χ1v) is 7.72. The largest absolute Gasteiger partial charge is 0.508 e. The molecule has 0 unspecified atom stereocenters. The Balaban J connectivity index is 1.99. The maximum Gasteiger partial charge on any atom is 0.124 e. The Hall–Kier alpha value is -1.17. The van der Waals surface area contributed by atoms with Crippen molar-refractivity contribution in [3.63, 3.8) is 0 Å². The molecule has 0 bridgehead atoms. The zero-order valence-corrected chi connectivity index (χ0v) is 12.3. The molecule has 0 atom stereocenters. The van der Waals surface area contributed by atoms with Crippen LogP contribution in [-0.4, -0.2) is 10.1 Å². The number of aromatic hydroxyl groups is 1. The number of thiazole rings is 1. The average molecular weight is 338 g/mol. The second-order valence-electron chi connectivity index (χ2n) is 3.69. The lowest BCUT2D eigenvalue weighted by molar-refractivity contribution is 0.475. The van der Waals surface area contributed by atoms with E-state index < -0.39 is 0 Å². The molecule has 0 aliphatic rings. The van der Waals surface area contributed by atoms with Gasteiger partial charge in [-0.15, -0.1) is 22.7 Å². The molecule has 2 heterocycles. The lowest BCUT2D eigenvalue weighted by Gasteiger charge is -1.96. The number of thiophene rings is 1. The van der Waals surface area contributed by atoms with Crippen molar-refractivity contribution in [3.05, 3.63) is 45.6 Å². The van der Waals surface area contributed by atoms with E-state index in [0.717, 1.165) is 24.9 Å². The average Bonchev–Trinajstić information content (AvgIpc) is 2.97. The van der Waals surface area contributed by atoms with Gasteiger partial charge in [0.15, 0.2) is 0 Å². The molecular weight excluding hydrogens is 330 g/mol. The molecule has 0 radical (unpaired) electrons. The molecule has 0 fully saturated rings. The molecular formula is C13H8BrNOS2. The molecule has 2 nitrogen and oxygen atoms in total. The summed E-state index contributed by atoms with van der Waals surface area (Å²) in [6.45, 7) is 0. The minimum absolute atomic E-state index is 0.267. The Morgan fingerprint density at radius 1 is 1.17 bits per heavy atom. The number of aromatic nitrogens is 1. The van der Waals surface area contributed by atoms with E-state index >= 15 is 0 Å². The molecule has 90 valence electrons. The minimum atomic E-state index is 0.267. The molecule has 0 aliphatic heterocycles. The third-order valence-electron chi connectivity index (χ3n) is 2.42. The number of rotatable bonds is 2. The first-order chi connectivity index (χ1) is 8.72. The fraction of sp³-hybridized carbons (Fsp3) is 0. The Morgan fingerprint density at radius 3 is 2.78 bits per heavy atom. The van der Waals surface area contributed by atoms with Crippen molar-refractivity contribution in [1.82, 2.24) is 4.98 Å². The van der Waals surface area contributed by atoms with Gasteiger partial charge >= 0.3 is 0 Å². The topological polar surface area (TPSA) is 33.1 Å². The van der Waals surface area contributed by atoms with E-state index in [9.17, 15) is 5.11 Å². The molecule has 18 heavy (non-hydrogen) atoms. The SMILES string of the molecule is Oc1cccc(-c2nc(-c3ccc(Br)s3)cs2)c1. The summed E-state index contributed by atoms with van der Waals surface area (Å²) >= 11 is 6.70. The number of hydrogen-bond donors (Lipinski definition) is 1. The third-order valence-corrected chi connectivity index (χ3v) is 4.96. The van der Waals surface area contributed by atoms with E-state index in [0.29, 0.717) is 0 Å². The predicted octanol–water partition coefficient (Wildman–Crippen LogP) is 5.01. The van der Waals surface area contributed by atoms with Crippen molar-refractivity contribution in [2.24, 2.45) is 0 Å². The van der Waals surface area contributed by atoms with Gasteiger partial charge < -0.3 is 5.11 Å². The van der Waals surface area contributed by atoms with E-state index in [1.54, 1.807) is 34.8 Å². The summed E-state index contributed by atoms with van der Waals surface area (Å²) in [5.74, 6) is 0.267. The van der Waals surface area contributed by atoms with Crippen LogP contribution in [0.3, 0.4) is 0 Å². The smallest absolute Gasteiger partial charge is 0.124 e. The summed E-state index contributed by atoms with van der Waals surface area (Å²) in [4.78, 5) is 5.75. The summed E-state index contributed by atoms with van der Waals surface area (Å²) in [6, 6.07) is 11.2. The van der Waals surface area contributed by atoms with Gasteiger partial charge in [0.05, 0.1) is 14.4 Å². The van der Waals surface area contributed by atoms with Crippen molar-refractivity contribution in [2.45, 2.75) is 0 Å². The highest BCUT2D eigenvalue weighted by Crippen LogP contribution is 2.34. The number of phenolic OH excluding ortho intramolecular Hbond substituents is 1. The van der Waals surface area contributed by atoms with Crippen LogP contribution in [0.5, 0.6) is 5.75 Å². The van der Waals surface area contributed by atoms with Gasteiger partial charge in [0.25, 0.3) is 0 Å². The highest BCUT2D eigenvalue weighted by molar-refractivity contribution is 9.11. The predicted molar refractivity (Wildman–Crippen MR) is 80.2 cm³/mol. The molecule has 2 aromatic heterocycles. The van der Waals surface area contributed by atoms with Gasteiger partial charge in [0.1, 0.15) is 10.8 Å². The quantitative estimate of drug-likeness (QED) is 0.713. The molecule has 0 saturated heterocycles. The Morgan fingerprint density at radius 2 is 2.06 bits per heavy atom. The second-order valence-corrected chi connectivity index (χ2v) is 7.01. The molecule has 1 aromatic carbocycles. The Bertz CT molecular complexity index is 690. The number of hydrogen-bond acceptors (Lipinski definition) is 4. The first-order valence-electron chi connectivity index (χ1n) is 5.23. The Labute approximate surface area is 121 Å². The molecule has 0 amide bonds. The maximum absolute atomic E-state index is 9.47. The standard InChI is InChI=1S/C13H8BrNOS2/c14-12-5-4-11(18-12)10-7-17-13(15-10)8-2-1-3-9(16)6-8/h1-7,16H. The van der Waals surface area contributed by atoms with Gasteiger partial charge in [-0.1, -0.05) is 12.1 Å². The van der Waals surface area contributed by atoms with Gasteiger partial charge in [-0.25, -0.2) is 4.98 Å². The molecule has 1 N–H and O–H groups in total. The highest BCUT2D eigenvalue weighted by Gasteiger charge is 2.08. The van der Waals surface area contributed by atoms with Crippen molar-refractivity contribution in [1.29, 1.82) is 0 Å². The fourth-order valence-corrected chi connectivity index (χ4v) is 3.85. The van der Waals surface area contributed by atoms with Crippen LogP contribution < -0.4 is 0 Å². The summed E-state index contributed by atoms with van der Waals surface area (Å²) < 4.78 is 1.10. The Kier molecular flexibility index (Phi) is 3.20. The fourth-order valence-electron chi connectivity index (χ4n) is 1.61. The van der Waals surface area contributed by atoms with Crippen LogP contribution >= 0.6 is 38.6 Å². The number of nitrogens with zero attached hydrogens (tertiary/aromatic N) is 1. The van der Waals surface area contributed by atoms with E-state index in [4.69, 9.17) is 0 Å². The van der Waals surface area contributed by atoms with Crippen LogP contribution in [-0.2, 0) is 0 Å². The first kappa shape index (κ1) is 11.9. The van der Waals surface area contributed by atoms with Gasteiger partial charge in [-0.3, -0.25) is 0 Å². The van der Waals surface area contributed by atoms with E-state index in [1.807, 2.05) is 23.6 Å². The lowest BCUT2D eigenvalue weighted by Crippen LogP contribution is -1.76. The summed E-state index contributed by atoms with van der Waals surface area (Å²) in [7, 11) is 0. The van der Waals surface area contributed by atoms with Crippen LogP contribution in [0.1, 0.15) is 0 Å². The van der Waals surface area contributed by atoms with E-state index in [-0.39, 0.29) is 5.75 Å². The van der Waals surface area contributed by atoms with Crippen LogP contribution in [0.25, 0.3) is 21.1 Å². The van der Waals surface area contributed by atoms with E-state index in [1.165, 1.54) is 0 Å². The maximum atomic E-state index is 9.47. The summed E-state index contributed by atoms with van der Waals surface area (Å²) in [5, 5.41) is 12.4. The van der Waals surface area contributed by atoms with Crippen molar-refractivity contribution in [2.75, 3.05) is 0 Å². The number of halogens is 1. The highest BCUT2D eigenvalue weighted by atomic mass is 79.9. The molecule has 3 aromatic rings. The zero-order chi connectivity index (χ0) is 12.5. The molecule has 3 rings (SSSR count). The third kappa shape index (κ3) is 2.34. The second kappa shape index (κ2) is 4.84. The van der Waals surface area contributed by atoms with Gasteiger partial charge in [-0.2, -0.15) is 0 Å². The van der Waals surface area contributed by atoms with Crippen LogP contribution in [0.2, 0.25) is 0 Å². The van der Waals surface area contributed by atoms with Crippen LogP contribution in [0.15, 0.2) is 45.6 Å². The van der Waals surface area contributed by atoms with E-state index in [2.05, 4.69) is 27.0 Å². The molecule has 0 saturated carbocycles. The van der Waals surface area contributed by atoms with Crippen LogP contribution in [0.4, 0.5) is 0 Å². The van der Waals surface area contributed by atoms with Crippen molar-refractivity contribution in [3.8, 4) is 26.9 Å². The normalized spacial score (nSPS) is 10.7.